The van der Waals surface area contributed by atoms with Gasteiger partial charge in [-0.25, -0.2) is 14.2 Å². The van der Waals surface area contributed by atoms with Gasteiger partial charge in [-0.2, -0.15) is 0 Å². The highest BCUT2D eigenvalue weighted by atomic mass is 19.1. The first kappa shape index (κ1) is 15.0. The molecule has 0 saturated heterocycles. The van der Waals surface area contributed by atoms with Crippen LogP contribution in [-0.2, 0) is 0 Å². The lowest BCUT2D eigenvalue weighted by molar-refractivity contribution is 0.0699. The number of fused-ring (bicyclic) bond motifs is 1. The zero-order valence-electron chi connectivity index (χ0n) is 12.4. The van der Waals surface area contributed by atoms with Gasteiger partial charge in [0.1, 0.15) is 17.1 Å². The quantitative estimate of drug-likeness (QED) is 0.786. The average Bonchev–Trinajstić information content (AvgIpc) is 2.55. The van der Waals surface area contributed by atoms with Crippen molar-refractivity contribution in [1.29, 1.82) is 0 Å². The van der Waals surface area contributed by atoms with Gasteiger partial charge >= 0.3 is 5.97 Å². The fourth-order valence-corrected chi connectivity index (χ4v) is 2.49. The number of carboxylic acid groups (broad SMARTS) is 1. The summed E-state index contributed by atoms with van der Waals surface area (Å²) in [6.45, 7) is 2.32. The molecule has 0 saturated carbocycles. The predicted molar refractivity (Wildman–Crippen MR) is 85.3 cm³/mol. The number of para-hydroxylation sites is 2. The van der Waals surface area contributed by atoms with Crippen LogP contribution in [0.5, 0.6) is 5.75 Å². The summed E-state index contributed by atoms with van der Waals surface area (Å²) in [5.41, 5.74) is 1.04. The Kier molecular flexibility index (Phi) is 3.93. The molecule has 0 spiro atoms. The van der Waals surface area contributed by atoms with Crippen LogP contribution in [0.2, 0.25) is 0 Å². The van der Waals surface area contributed by atoms with E-state index in [2.05, 4.69) is 4.98 Å². The zero-order valence-corrected chi connectivity index (χ0v) is 12.4. The number of benzene rings is 2. The van der Waals surface area contributed by atoms with E-state index in [9.17, 15) is 14.3 Å². The second kappa shape index (κ2) is 6.04. The summed E-state index contributed by atoms with van der Waals surface area (Å²) in [5.74, 6) is -1.10. The Labute approximate surface area is 132 Å². The molecule has 4 nitrogen and oxygen atoms in total. The van der Waals surface area contributed by atoms with E-state index in [4.69, 9.17) is 4.74 Å². The Balaban J connectivity index is 2.31. The van der Waals surface area contributed by atoms with Crippen LogP contribution in [0.3, 0.4) is 0 Å². The van der Waals surface area contributed by atoms with Gasteiger partial charge in [0.25, 0.3) is 0 Å². The molecule has 3 rings (SSSR count). The number of aromatic nitrogens is 1. The smallest absolute Gasteiger partial charge is 0.336 e. The lowest BCUT2D eigenvalue weighted by atomic mass is 10.0. The lowest BCUT2D eigenvalue weighted by Crippen LogP contribution is -2.02. The van der Waals surface area contributed by atoms with E-state index < -0.39 is 11.8 Å². The molecule has 0 amide bonds. The number of pyridine rings is 1. The van der Waals surface area contributed by atoms with Crippen LogP contribution in [-0.4, -0.2) is 22.7 Å². The maximum Gasteiger partial charge on any atom is 0.336 e. The number of carboxylic acids is 1. The van der Waals surface area contributed by atoms with Crippen LogP contribution in [0.1, 0.15) is 17.3 Å². The number of hydrogen-bond donors (Lipinski definition) is 1. The molecule has 3 aromatic rings. The molecule has 0 aliphatic rings. The number of rotatable bonds is 4. The van der Waals surface area contributed by atoms with Crippen LogP contribution in [0.25, 0.3) is 22.2 Å². The highest BCUT2D eigenvalue weighted by Crippen LogP contribution is 2.32. The predicted octanol–water partition coefficient (Wildman–Crippen LogP) is 4.14. The van der Waals surface area contributed by atoms with Crippen LogP contribution in [0.15, 0.2) is 48.5 Å². The Morgan fingerprint density at radius 3 is 2.74 bits per heavy atom. The summed E-state index contributed by atoms with van der Waals surface area (Å²) < 4.78 is 19.6. The Bertz CT molecular complexity index is 893. The van der Waals surface area contributed by atoms with Crippen LogP contribution >= 0.6 is 0 Å². The Morgan fingerprint density at radius 2 is 2.00 bits per heavy atom. The summed E-state index contributed by atoms with van der Waals surface area (Å²) >= 11 is 0. The molecular formula is C18H14FNO3. The highest BCUT2D eigenvalue weighted by molar-refractivity contribution is 6.04. The number of carbonyl (C=O) groups is 1. The van der Waals surface area contributed by atoms with E-state index >= 15 is 0 Å². The fraction of sp³-hybridized carbons (Fsp3) is 0.111. The van der Waals surface area contributed by atoms with E-state index in [-0.39, 0.29) is 16.5 Å². The van der Waals surface area contributed by atoms with Crippen LogP contribution < -0.4 is 4.74 Å². The van der Waals surface area contributed by atoms with E-state index in [1.165, 1.54) is 18.2 Å². The van der Waals surface area contributed by atoms with Gasteiger partial charge in [-0.15, -0.1) is 0 Å². The third-order valence-electron chi connectivity index (χ3n) is 3.48. The topological polar surface area (TPSA) is 59.4 Å². The summed E-state index contributed by atoms with van der Waals surface area (Å²) in [7, 11) is 0. The van der Waals surface area contributed by atoms with Gasteiger partial charge in [-0.1, -0.05) is 24.3 Å². The maximum absolute atomic E-state index is 14.1. The normalized spacial score (nSPS) is 10.7. The van der Waals surface area contributed by atoms with Crippen molar-refractivity contribution in [2.24, 2.45) is 0 Å². The minimum atomic E-state index is -1.13. The molecule has 0 bridgehead atoms. The van der Waals surface area contributed by atoms with Crippen molar-refractivity contribution in [3.63, 3.8) is 0 Å². The van der Waals surface area contributed by atoms with Gasteiger partial charge in [-0.05, 0) is 31.2 Å². The number of aromatic carboxylic acids is 1. The van der Waals surface area contributed by atoms with Gasteiger partial charge in [0.05, 0.1) is 17.9 Å². The fourth-order valence-electron chi connectivity index (χ4n) is 2.49. The van der Waals surface area contributed by atoms with Crippen molar-refractivity contribution in [3.8, 4) is 17.0 Å². The Morgan fingerprint density at radius 1 is 1.22 bits per heavy atom. The molecule has 1 N–H and O–H groups in total. The summed E-state index contributed by atoms with van der Waals surface area (Å²) in [6.07, 6.45) is 0. The molecular weight excluding hydrogens is 297 g/mol. The maximum atomic E-state index is 14.1. The van der Waals surface area contributed by atoms with Gasteiger partial charge < -0.3 is 9.84 Å². The number of hydrogen-bond acceptors (Lipinski definition) is 3. The largest absolute Gasteiger partial charge is 0.493 e. The minimum absolute atomic E-state index is 0.0100. The molecule has 0 atom stereocenters. The second-order valence-electron chi connectivity index (χ2n) is 4.93. The average molecular weight is 311 g/mol. The van der Waals surface area contributed by atoms with Gasteiger partial charge in [0, 0.05) is 10.9 Å². The van der Waals surface area contributed by atoms with E-state index in [0.717, 1.165) is 0 Å². The molecule has 0 aliphatic heterocycles. The van der Waals surface area contributed by atoms with E-state index in [1.807, 2.05) is 13.0 Å². The summed E-state index contributed by atoms with van der Waals surface area (Å²) in [4.78, 5) is 15.9. The number of nitrogens with zero attached hydrogens (tertiary/aromatic N) is 1. The highest BCUT2D eigenvalue weighted by Gasteiger charge is 2.16. The van der Waals surface area contributed by atoms with E-state index in [1.54, 1.807) is 24.3 Å². The molecule has 0 unspecified atom stereocenters. The Hall–Kier alpha value is -2.95. The third kappa shape index (κ3) is 2.73. The summed E-state index contributed by atoms with van der Waals surface area (Å²) in [6, 6.07) is 12.9. The third-order valence-corrected chi connectivity index (χ3v) is 3.48. The SMILES string of the molecule is CCOc1ccccc1-c1cc(C(=O)O)c2cccc(F)c2n1. The molecule has 2 aromatic carbocycles. The molecule has 0 aliphatic carbocycles. The minimum Gasteiger partial charge on any atom is -0.493 e. The van der Waals surface area contributed by atoms with Crippen LogP contribution in [0, 0.1) is 5.82 Å². The molecule has 1 heterocycles. The molecule has 0 fully saturated rings. The van der Waals surface area contributed by atoms with Gasteiger partial charge in [0.2, 0.25) is 0 Å². The zero-order chi connectivity index (χ0) is 16.4. The van der Waals surface area contributed by atoms with Crippen molar-refractivity contribution < 1.29 is 19.0 Å². The number of ether oxygens (including phenoxy) is 1. The lowest BCUT2D eigenvalue weighted by Gasteiger charge is -2.12. The first-order valence-electron chi connectivity index (χ1n) is 7.16. The van der Waals surface area contributed by atoms with Crippen molar-refractivity contribution in [2.45, 2.75) is 6.92 Å². The monoisotopic (exact) mass is 311 g/mol. The van der Waals surface area contributed by atoms with Crippen LogP contribution in [0.4, 0.5) is 4.39 Å². The van der Waals surface area contributed by atoms with Crippen molar-refractivity contribution >= 4 is 16.9 Å². The van der Waals surface area contributed by atoms with E-state index in [0.29, 0.717) is 23.6 Å². The van der Waals surface area contributed by atoms with Crippen molar-refractivity contribution in [3.05, 3.63) is 59.9 Å². The second-order valence-corrected chi connectivity index (χ2v) is 4.93. The summed E-state index contributed by atoms with van der Waals surface area (Å²) in [5, 5.41) is 9.71. The molecule has 23 heavy (non-hydrogen) atoms. The molecule has 5 heteroatoms. The van der Waals surface area contributed by atoms with Gasteiger partial charge in [0.15, 0.2) is 0 Å². The molecule has 1 aromatic heterocycles. The van der Waals surface area contributed by atoms with Crippen molar-refractivity contribution in [1.82, 2.24) is 4.98 Å². The van der Waals surface area contributed by atoms with Crippen molar-refractivity contribution in [2.75, 3.05) is 6.61 Å². The first-order valence-corrected chi connectivity index (χ1v) is 7.16. The molecule has 0 radical (unpaired) electrons. The standard InChI is InChI=1S/C18H14FNO3/c1-2-23-16-9-4-3-6-12(16)15-10-13(18(21)22)11-7-5-8-14(19)17(11)20-15/h3-10H,2H2,1H3,(H,21,22). The number of halogens is 1. The van der Waals surface area contributed by atoms with Gasteiger partial charge in [-0.3, -0.25) is 0 Å². The molecule has 116 valence electrons. The first-order chi connectivity index (χ1) is 11.1.